The second-order valence-electron chi connectivity index (χ2n) is 8.35. The molecule has 1 N–H and O–H groups in total. The highest BCUT2D eigenvalue weighted by Gasteiger charge is 2.53. The molecule has 0 unspecified atom stereocenters. The van der Waals surface area contributed by atoms with Crippen molar-refractivity contribution in [1.29, 1.82) is 0 Å². The summed E-state index contributed by atoms with van der Waals surface area (Å²) in [5.41, 5.74) is 2.84. The van der Waals surface area contributed by atoms with E-state index in [2.05, 4.69) is 22.3 Å². The van der Waals surface area contributed by atoms with E-state index in [9.17, 15) is 13.6 Å². The van der Waals surface area contributed by atoms with E-state index < -0.39 is 11.6 Å². The molecule has 1 heterocycles. The van der Waals surface area contributed by atoms with Gasteiger partial charge in [-0.15, -0.1) is 0 Å². The van der Waals surface area contributed by atoms with Crippen LogP contribution < -0.4 is 5.32 Å². The number of amides is 1. The van der Waals surface area contributed by atoms with Gasteiger partial charge < -0.3 is 10.1 Å². The summed E-state index contributed by atoms with van der Waals surface area (Å²) in [7, 11) is 1.71. The van der Waals surface area contributed by atoms with Gasteiger partial charge in [-0.3, -0.25) is 9.69 Å². The maximum Gasteiger partial charge on any atom is 0.220 e. The van der Waals surface area contributed by atoms with Gasteiger partial charge in [0, 0.05) is 31.6 Å². The van der Waals surface area contributed by atoms with Crippen molar-refractivity contribution in [2.45, 2.75) is 50.3 Å². The van der Waals surface area contributed by atoms with Crippen LogP contribution in [0.25, 0.3) is 0 Å². The fourth-order valence-electron chi connectivity index (χ4n) is 5.27. The Morgan fingerprint density at radius 1 is 1.17 bits per heavy atom. The minimum Gasteiger partial charge on any atom is -0.378 e. The van der Waals surface area contributed by atoms with Crippen molar-refractivity contribution in [2.75, 3.05) is 20.2 Å². The molecule has 0 bridgehead atoms. The zero-order valence-electron chi connectivity index (χ0n) is 17.5. The van der Waals surface area contributed by atoms with Crippen LogP contribution in [0, 0.1) is 11.6 Å². The summed E-state index contributed by atoms with van der Waals surface area (Å²) in [5.74, 6) is -1.08. The topological polar surface area (TPSA) is 41.6 Å². The Bertz CT molecular complexity index is 905. The van der Waals surface area contributed by atoms with E-state index in [0.29, 0.717) is 18.5 Å². The Hall–Kier alpha value is -2.31. The van der Waals surface area contributed by atoms with Crippen LogP contribution in [0.4, 0.5) is 8.78 Å². The summed E-state index contributed by atoms with van der Waals surface area (Å²) in [6.07, 6.45) is 2.01. The number of piperidine rings is 1. The number of benzene rings is 2. The molecule has 30 heavy (non-hydrogen) atoms. The first-order chi connectivity index (χ1) is 14.5. The highest BCUT2D eigenvalue weighted by molar-refractivity contribution is 5.76. The Kier molecular flexibility index (Phi) is 5.89. The molecule has 2 aromatic rings. The van der Waals surface area contributed by atoms with Crippen molar-refractivity contribution >= 4 is 5.91 Å². The van der Waals surface area contributed by atoms with Crippen LogP contribution in [0.3, 0.4) is 0 Å². The van der Waals surface area contributed by atoms with Gasteiger partial charge in [0.15, 0.2) is 0 Å². The van der Waals surface area contributed by atoms with Crippen LogP contribution >= 0.6 is 0 Å². The van der Waals surface area contributed by atoms with Gasteiger partial charge >= 0.3 is 0 Å². The van der Waals surface area contributed by atoms with Crippen LogP contribution in [0.2, 0.25) is 0 Å². The average Bonchev–Trinajstić information content (AvgIpc) is 2.98. The number of halogens is 2. The Morgan fingerprint density at radius 3 is 2.47 bits per heavy atom. The molecule has 1 aliphatic heterocycles. The highest BCUT2D eigenvalue weighted by atomic mass is 19.1. The lowest BCUT2D eigenvalue weighted by Crippen LogP contribution is -2.50. The van der Waals surface area contributed by atoms with Crippen molar-refractivity contribution in [3.8, 4) is 0 Å². The van der Waals surface area contributed by atoms with Gasteiger partial charge in [0.1, 0.15) is 11.6 Å². The summed E-state index contributed by atoms with van der Waals surface area (Å²) in [5, 5.41) is 3.16. The van der Waals surface area contributed by atoms with E-state index in [1.165, 1.54) is 17.7 Å². The Balaban J connectivity index is 1.56. The predicted molar refractivity (Wildman–Crippen MR) is 111 cm³/mol. The zero-order chi connectivity index (χ0) is 21.3. The molecule has 1 aliphatic carbocycles. The average molecular weight is 414 g/mol. The normalized spacial score (nSPS) is 22.8. The molecule has 0 saturated carbocycles. The fraction of sp³-hybridized carbons (Fsp3) is 0.458. The molecule has 4 nitrogen and oxygen atoms in total. The third-order valence-electron chi connectivity index (χ3n) is 6.65. The van der Waals surface area contributed by atoms with E-state index in [0.717, 1.165) is 37.6 Å². The van der Waals surface area contributed by atoms with Crippen LogP contribution in [0.5, 0.6) is 0 Å². The van der Waals surface area contributed by atoms with Gasteiger partial charge in [-0.2, -0.15) is 0 Å². The molecule has 2 aliphatic rings. The van der Waals surface area contributed by atoms with E-state index in [-0.39, 0.29) is 23.5 Å². The number of fused-ring (bicyclic) bond motifs is 2. The first-order valence-electron chi connectivity index (χ1n) is 10.6. The summed E-state index contributed by atoms with van der Waals surface area (Å²) >= 11 is 0. The Labute approximate surface area is 176 Å². The molecule has 1 saturated heterocycles. The largest absolute Gasteiger partial charge is 0.378 e. The van der Waals surface area contributed by atoms with E-state index in [1.807, 2.05) is 19.1 Å². The first-order valence-corrected chi connectivity index (χ1v) is 10.6. The lowest BCUT2D eigenvalue weighted by molar-refractivity contribution is -0.123. The maximum absolute atomic E-state index is 13.6. The lowest BCUT2D eigenvalue weighted by Gasteiger charge is -2.44. The fourth-order valence-corrected chi connectivity index (χ4v) is 5.27. The van der Waals surface area contributed by atoms with Crippen LogP contribution in [-0.2, 0) is 21.5 Å². The number of rotatable bonds is 5. The van der Waals surface area contributed by atoms with Gasteiger partial charge in [0.05, 0.1) is 12.1 Å². The molecule has 2 aromatic carbocycles. The third kappa shape index (κ3) is 3.74. The molecule has 6 heteroatoms. The number of ether oxygens (including phenoxy) is 1. The first kappa shape index (κ1) is 20.9. The predicted octanol–water partition coefficient (Wildman–Crippen LogP) is 4.09. The number of carbonyl (C=O) groups is 1. The van der Waals surface area contributed by atoms with Gasteiger partial charge in [0.25, 0.3) is 0 Å². The number of carbonyl (C=O) groups excluding carboxylic acids is 1. The molecule has 0 aromatic heterocycles. The van der Waals surface area contributed by atoms with Gasteiger partial charge in [-0.25, -0.2) is 8.78 Å². The monoisotopic (exact) mass is 414 g/mol. The number of hydrogen-bond acceptors (Lipinski definition) is 3. The molecule has 1 amide bonds. The zero-order valence-corrected chi connectivity index (χ0v) is 17.5. The summed E-state index contributed by atoms with van der Waals surface area (Å²) in [6, 6.07) is 11.8. The molecular weight excluding hydrogens is 386 g/mol. The summed E-state index contributed by atoms with van der Waals surface area (Å²) < 4.78 is 33.1. The number of methoxy groups -OCH3 is 1. The summed E-state index contributed by atoms with van der Waals surface area (Å²) in [4.78, 5) is 14.4. The minimum atomic E-state index is -0.544. The molecule has 160 valence electrons. The van der Waals surface area contributed by atoms with Crippen molar-refractivity contribution in [3.63, 3.8) is 0 Å². The maximum atomic E-state index is 13.6. The third-order valence-corrected chi connectivity index (χ3v) is 6.65. The molecule has 1 spiro atoms. The summed E-state index contributed by atoms with van der Waals surface area (Å²) in [6.45, 7) is 3.95. The van der Waals surface area contributed by atoms with Crippen molar-refractivity contribution in [1.82, 2.24) is 10.2 Å². The molecule has 0 radical (unpaired) electrons. The molecular formula is C24H28F2N2O2. The lowest BCUT2D eigenvalue weighted by atomic mass is 9.72. The van der Waals surface area contributed by atoms with Crippen molar-refractivity contribution < 1.29 is 18.3 Å². The van der Waals surface area contributed by atoms with Crippen molar-refractivity contribution in [2.24, 2.45) is 0 Å². The van der Waals surface area contributed by atoms with Crippen LogP contribution in [0.1, 0.15) is 48.9 Å². The highest BCUT2D eigenvalue weighted by Crippen LogP contribution is 2.52. The minimum absolute atomic E-state index is 0.0134. The quantitative estimate of drug-likeness (QED) is 0.801. The van der Waals surface area contributed by atoms with Gasteiger partial charge in [0.2, 0.25) is 5.91 Å². The molecule has 4 rings (SSSR count). The van der Waals surface area contributed by atoms with E-state index in [1.54, 1.807) is 7.11 Å². The second-order valence-corrected chi connectivity index (χ2v) is 8.35. The second kappa shape index (κ2) is 8.44. The number of likely N-dealkylation sites (tertiary alicyclic amines) is 1. The number of nitrogens with one attached hydrogen (secondary N) is 1. The van der Waals surface area contributed by atoms with Crippen LogP contribution in [0.15, 0.2) is 42.5 Å². The number of hydrogen-bond donors (Lipinski definition) is 1. The smallest absolute Gasteiger partial charge is 0.220 e. The molecule has 1 fully saturated rings. The van der Waals surface area contributed by atoms with Crippen molar-refractivity contribution in [3.05, 3.63) is 70.8 Å². The van der Waals surface area contributed by atoms with Gasteiger partial charge in [-0.1, -0.05) is 31.2 Å². The SMILES string of the molecule is CCC(=O)N[C@@H]1c2ccccc2C2(CCN(Cc3cc(F)cc(F)c3)CC2)[C@H]1OC. The van der Waals surface area contributed by atoms with E-state index >= 15 is 0 Å². The number of nitrogens with zero attached hydrogens (tertiary/aromatic N) is 1. The Morgan fingerprint density at radius 2 is 1.83 bits per heavy atom. The standard InChI is InChI=1S/C24H28F2N2O2/c1-3-21(29)27-22-19-6-4-5-7-20(19)24(23(22)30-2)8-10-28(11-9-24)15-16-12-17(25)14-18(26)13-16/h4-7,12-14,22-23H,3,8-11,15H2,1-2H3,(H,27,29)/t22-,23+/m1/s1. The van der Waals surface area contributed by atoms with Gasteiger partial charge in [-0.05, 0) is 54.8 Å². The van der Waals surface area contributed by atoms with Crippen LogP contribution in [-0.4, -0.2) is 37.1 Å². The van der Waals surface area contributed by atoms with E-state index in [4.69, 9.17) is 4.74 Å². The molecule has 2 atom stereocenters.